The van der Waals surface area contributed by atoms with E-state index in [-0.39, 0.29) is 5.91 Å². The summed E-state index contributed by atoms with van der Waals surface area (Å²) in [7, 11) is 1.67. The van der Waals surface area contributed by atoms with Crippen molar-refractivity contribution in [3.63, 3.8) is 0 Å². The zero-order valence-corrected chi connectivity index (χ0v) is 15.7. The Morgan fingerprint density at radius 3 is 2.31 bits per heavy atom. The van der Waals surface area contributed by atoms with Gasteiger partial charge in [0.1, 0.15) is 11.5 Å². The van der Waals surface area contributed by atoms with Crippen molar-refractivity contribution in [2.24, 2.45) is 0 Å². The van der Waals surface area contributed by atoms with Gasteiger partial charge in [-0.2, -0.15) is 0 Å². The molecule has 26 heavy (non-hydrogen) atoms. The fourth-order valence-corrected chi connectivity index (χ4v) is 3.24. The summed E-state index contributed by atoms with van der Waals surface area (Å²) >= 11 is 0. The van der Waals surface area contributed by atoms with Crippen molar-refractivity contribution >= 4 is 11.6 Å². The fourth-order valence-electron chi connectivity index (χ4n) is 3.24. The van der Waals surface area contributed by atoms with Gasteiger partial charge in [-0.15, -0.1) is 0 Å². The number of piperazine rings is 1. The van der Waals surface area contributed by atoms with Crippen molar-refractivity contribution < 1.29 is 14.3 Å². The van der Waals surface area contributed by atoms with Gasteiger partial charge in [-0.05, 0) is 61.9 Å². The van der Waals surface area contributed by atoms with Gasteiger partial charge >= 0.3 is 0 Å². The zero-order valence-electron chi connectivity index (χ0n) is 15.7. The van der Waals surface area contributed by atoms with Crippen molar-refractivity contribution in [3.05, 3.63) is 53.6 Å². The van der Waals surface area contributed by atoms with Crippen LogP contribution < -0.4 is 14.4 Å². The number of amides is 1. The van der Waals surface area contributed by atoms with E-state index in [9.17, 15) is 4.79 Å². The molecule has 5 heteroatoms. The minimum absolute atomic E-state index is 0.0885. The summed E-state index contributed by atoms with van der Waals surface area (Å²) in [5.74, 6) is 1.78. The molecule has 1 heterocycles. The first-order valence-corrected chi connectivity index (χ1v) is 9.04. The van der Waals surface area contributed by atoms with Crippen LogP contribution in [0.4, 0.5) is 5.69 Å². The molecule has 2 aromatic carbocycles. The molecule has 0 N–H and O–H groups in total. The molecule has 0 saturated carbocycles. The lowest BCUT2D eigenvalue weighted by Gasteiger charge is -2.36. The number of aryl methyl sites for hydroxylation is 1. The number of carbonyl (C=O) groups is 1. The number of anilines is 1. The molecule has 0 unspecified atom stereocenters. The summed E-state index contributed by atoms with van der Waals surface area (Å²) in [5.41, 5.74) is 2.88. The fraction of sp³-hybridized carbons (Fsp3) is 0.381. The summed E-state index contributed by atoms with van der Waals surface area (Å²) in [5, 5.41) is 0. The standard InChI is InChI=1S/C21H26N2O3/c1-4-26-20-10-5-17(15-16(20)2)21(24)23-13-11-22(12-14-23)18-6-8-19(25-3)9-7-18/h5-10,15H,4,11-14H2,1-3H3. The predicted octanol–water partition coefficient (Wildman–Crippen LogP) is 3.36. The first-order chi connectivity index (χ1) is 12.6. The number of hydrogen-bond acceptors (Lipinski definition) is 4. The molecule has 0 bridgehead atoms. The SMILES string of the molecule is CCOc1ccc(C(=O)N2CCN(c3ccc(OC)cc3)CC2)cc1C. The van der Waals surface area contributed by atoms with Gasteiger partial charge in [0.15, 0.2) is 0 Å². The number of methoxy groups -OCH3 is 1. The second kappa shape index (κ2) is 8.13. The van der Waals surface area contributed by atoms with Crippen LogP contribution in [-0.2, 0) is 0 Å². The molecule has 1 fully saturated rings. The highest BCUT2D eigenvalue weighted by Gasteiger charge is 2.22. The van der Waals surface area contributed by atoms with Gasteiger partial charge in [0.05, 0.1) is 13.7 Å². The molecule has 0 spiro atoms. The Hall–Kier alpha value is -2.69. The van der Waals surface area contributed by atoms with Crippen molar-refractivity contribution in [1.82, 2.24) is 4.90 Å². The van der Waals surface area contributed by atoms with Crippen LogP contribution in [0.15, 0.2) is 42.5 Å². The molecule has 0 aliphatic carbocycles. The van der Waals surface area contributed by atoms with Crippen LogP contribution in [0.3, 0.4) is 0 Å². The molecule has 0 aromatic heterocycles. The second-order valence-electron chi connectivity index (χ2n) is 6.39. The smallest absolute Gasteiger partial charge is 0.253 e. The Balaban J connectivity index is 1.62. The highest BCUT2D eigenvalue weighted by atomic mass is 16.5. The van der Waals surface area contributed by atoms with Crippen LogP contribution in [0, 0.1) is 6.92 Å². The number of ether oxygens (including phenoxy) is 2. The van der Waals surface area contributed by atoms with Crippen LogP contribution in [0.5, 0.6) is 11.5 Å². The Morgan fingerprint density at radius 1 is 1.04 bits per heavy atom. The zero-order chi connectivity index (χ0) is 18.5. The summed E-state index contributed by atoms with van der Waals surface area (Å²) in [4.78, 5) is 17.0. The van der Waals surface area contributed by atoms with E-state index in [1.165, 1.54) is 0 Å². The molecule has 1 amide bonds. The largest absolute Gasteiger partial charge is 0.497 e. The lowest BCUT2D eigenvalue weighted by Crippen LogP contribution is -2.48. The first-order valence-electron chi connectivity index (χ1n) is 9.04. The maximum Gasteiger partial charge on any atom is 0.253 e. The Labute approximate surface area is 155 Å². The van der Waals surface area contributed by atoms with Gasteiger partial charge in [0.2, 0.25) is 0 Å². The Morgan fingerprint density at radius 2 is 1.73 bits per heavy atom. The van der Waals surface area contributed by atoms with E-state index >= 15 is 0 Å². The van der Waals surface area contributed by atoms with Crippen molar-refractivity contribution in [1.29, 1.82) is 0 Å². The highest BCUT2D eigenvalue weighted by Crippen LogP contribution is 2.23. The third-order valence-electron chi connectivity index (χ3n) is 4.73. The summed E-state index contributed by atoms with van der Waals surface area (Å²) in [6.45, 7) is 7.65. The Bertz CT molecular complexity index is 750. The molecular weight excluding hydrogens is 328 g/mol. The van der Waals surface area contributed by atoms with Gasteiger partial charge in [0.25, 0.3) is 5.91 Å². The quantitative estimate of drug-likeness (QED) is 0.826. The lowest BCUT2D eigenvalue weighted by molar-refractivity contribution is 0.0746. The third-order valence-corrected chi connectivity index (χ3v) is 4.73. The molecule has 1 saturated heterocycles. The van der Waals surface area contributed by atoms with Gasteiger partial charge in [0, 0.05) is 37.4 Å². The van der Waals surface area contributed by atoms with Gasteiger partial charge in [-0.3, -0.25) is 4.79 Å². The van der Waals surface area contributed by atoms with E-state index in [0.717, 1.165) is 54.5 Å². The normalized spacial score (nSPS) is 14.3. The molecule has 0 radical (unpaired) electrons. The topological polar surface area (TPSA) is 42.0 Å². The van der Waals surface area contributed by atoms with Crippen molar-refractivity contribution in [2.75, 3.05) is 44.8 Å². The maximum atomic E-state index is 12.8. The Kier molecular flexibility index (Phi) is 5.66. The molecule has 138 valence electrons. The third kappa shape index (κ3) is 3.93. The summed E-state index contributed by atoms with van der Waals surface area (Å²) < 4.78 is 10.8. The molecule has 3 rings (SSSR count). The lowest BCUT2D eigenvalue weighted by atomic mass is 10.1. The molecule has 1 aliphatic rings. The highest BCUT2D eigenvalue weighted by molar-refractivity contribution is 5.94. The van der Waals surface area contributed by atoms with Gasteiger partial charge < -0.3 is 19.3 Å². The predicted molar refractivity (Wildman–Crippen MR) is 103 cm³/mol. The number of nitrogens with zero attached hydrogens (tertiary/aromatic N) is 2. The van der Waals surface area contributed by atoms with Crippen LogP contribution in [0.2, 0.25) is 0 Å². The maximum absolute atomic E-state index is 12.8. The molecule has 1 aliphatic heterocycles. The number of carbonyl (C=O) groups excluding carboxylic acids is 1. The summed E-state index contributed by atoms with van der Waals surface area (Å²) in [6.07, 6.45) is 0. The second-order valence-corrected chi connectivity index (χ2v) is 6.39. The van der Waals surface area contributed by atoms with E-state index in [4.69, 9.17) is 9.47 Å². The molecular formula is C21H26N2O3. The molecule has 5 nitrogen and oxygen atoms in total. The average molecular weight is 354 g/mol. The number of hydrogen-bond donors (Lipinski definition) is 0. The number of benzene rings is 2. The minimum atomic E-state index is 0.0885. The van der Waals surface area contributed by atoms with Gasteiger partial charge in [-0.25, -0.2) is 0 Å². The molecule has 2 aromatic rings. The van der Waals surface area contributed by atoms with E-state index < -0.39 is 0 Å². The van der Waals surface area contributed by atoms with Crippen LogP contribution in [0.1, 0.15) is 22.8 Å². The van der Waals surface area contributed by atoms with Crippen LogP contribution in [0.25, 0.3) is 0 Å². The molecule has 0 atom stereocenters. The monoisotopic (exact) mass is 354 g/mol. The van der Waals surface area contributed by atoms with Crippen LogP contribution >= 0.6 is 0 Å². The van der Waals surface area contributed by atoms with Crippen LogP contribution in [-0.4, -0.2) is 50.7 Å². The van der Waals surface area contributed by atoms with E-state index in [1.807, 2.05) is 49.1 Å². The summed E-state index contributed by atoms with van der Waals surface area (Å²) in [6, 6.07) is 13.7. The first kappa shape index (κ1) is 18.1. The van der Waals surface area contributed by atoms with E-state index in [0.29, 0.717) is 6.61 Å². The van der Waals surface area contributed by atoms with Crippen molar-refractivity contribution in [2.45, 2.75) is 13.8 Å². The average Bonchev–Trinajstić information content (AvgIpc) is 2.69. The van der Waals surface area contributed by atoms with Gasteiger partial charge in [-0.1, -0.05) is 0 Å². The van der Waals surface area contributed by atoms with E-state index in [1.54, 1.807) is 7.11 Å². The van der Waals surface area contributed by atoms with E-state index in [2.05, 4.69) is 17.0 Å². The minimum Gasteiger partial charge on any atom is -0.497 e. The number of rotatable bonds is 5. The van der Waals surface area contributed by atoms with Crippen molar-refractivity contribution in [3.8, 4) is 11.5 Å².